The lowest BCUT2D eigenvalue weighted by Gasteiger charge is -2.08. The molecule has 96 valence electrons. The minimum absolute atomic E-state index is 0.497. The first kappa shape index (κ1) is 11.9. The largest absolute Gasteiger partial charge is 0.388 e. The SMILES string of the molecule is Cn1cc(C(O)Cc2ccc3ccccc3n2)cn1. The molecule has 4 nitrogen and oxygen atoms in total. The van der Waals surface area contributed by atoms with Crippen LogP contribution in [0.25, 0.3) is 10.9 Å². The van der Waals surface area contributed by atoms with Gasteiger partial charge in [0, 0.05) is 36.3 Å². The van der Waals surface area contributed by atoms with Crippen molar-refractivity contribution in [1.29, 1.82) is 0 Å². The molecule has 1 aromatic carbocycles. The lowest BCUT2D eigenvalue weighted by Crippen LogP contribution is -2.02. The van der Waals surface area contributed by atoms with Gasteiger partial charge in [-0.25, -0.2) is 0 Å². The van der Waals surface area contributed by atoms with Crippen LogP contribution in [-0.2, 0) is 13.5 Å². The van der Waals surface area contributed by atoms with Crippen LogP contribution in [0, 0.1) is 0 Å². The number of hydrogen-bond donors (Lipinski definition) is 1. The van der Waals surface area contributed by atoms with Gasteiger partial charge in [0.2, 0.25) is 0 Å². The van der Waals surface area contributed by atoms with Gasteiger partial charge in [-0.3, -0.25) is 9.67 Å². The Balaban J connectivity index is 1.84. The Kier molecular flexibility index (Phi) is 3.01. The molecule has 0 spiro atoms. The zero-order valence-electron chi connectivity index (χ0n) is 10.7. The van der Waals surface area contributed by atoms with E-state index >= 15 is 0 Å². The zero-order valence-corrected chi connectivity index (χ0v) is 10.7. The number of aromatic nitrogens is 3. The van der Waals surface area contributed by atoms with Crippen LogP contribution in [0.3, 0.4) is 0 Å². The molecule has 0 fully saturated rings. The molecule has 0 aliphatic heterocycles. The summed E-state index contributed by atoms with van der Waals surface area (Å²) in [6, 6.07) is 12.0. The Morgan fingerprint density at radius 2 is 2.05 bits per heavy atom. The van der Waals surface area contributed by atoms with Crippen LogP contribution >= 0.6 is 0 Å². The Labute approximate surface area is 111 Å². The molecule has 3 aromatic rings. The first-order chi connectivity index (χ1) is 9.22. The second-order valence-electron chi connectivity index (χ2n) is 4.66. The highest BCUT2D eigenvalue weighted by Crippen LogP contribution is 2.18. The molecule has 19 heavy (non-hydrogen) atoms. The van der Waals surface area contributed by atoms with Gasteiger partial charge >= 0.3 is 0 Å². The lowest BCUT2D eigenvalue weighted by molar-refractivity contribution is 0.177. The molecule has 0 aliphatic rings. The van der Waals surface area contributed by atoms with Crippen LogP contribution in [0.2, 0.25) is 0 Å². The van der Waals surface area contributed by atoms with Gasteiger partial charge in [-0.05, 0) is 12.1 Å². The zero-order chi connectivity index (χ0) is 13.2. The molecular weight excluding hydrogens is 238 g/mol. The second-order valence-corrected chi connectivity index (χ2v) is 4.66. The van der Waals surface area contributed by atoms with Crippen molar-refractivity contribution in [3.8, 4) is 0 Å². The third-order valence-corrected chi connectivity index (χ3v) is 3.17. The van der Waals surface area contributed by atoms with Gasteiger partial charge in [0.1, 0.15) is 0 Å². The summed E-state index contributed by atoms with van der Waals surface area (Å²) >= 11 is 0. The van der Waals surface area contributed by atoms with E-state index in [1.54, 1.807) is 10.9 Å². The maximum atomic E-state index is 10.2. The van der Waals surface area contributed by atoms with Crippen LogP contribution in [-0.4, -0.2) is 19.9 Å². The summed E-state index contributed by atoms with van der Waals surface area (Å²) in [6.07, 6.45) is 3.44. The Bertz CT molecular complexity index is 705. The van der Waals surface area contributed by atoms with Crippen LogP contribution in [0.15, 0.2) is 48.8 Å². The van der Waals surface area contributed by atoms with Gasteiger partial charge in [0.15, 0.2) is 0 Å². The maximum absolute atomic E-state index is 10.2. The van der Waals surface area contributed by atoms with Crippen molar-refractivity contribution in [2.24, 2.45) is 7.05 Å². The number of aryl methyl sites for hydroxylation is 1. The molecule has 0 bridgehead atoms. The smallest absolute Gasteiger partial charge is 0.0875 e. The fourth-order valence-electron chi connectivity index (χ4n) is 2.15. The summed E-state index contributed by atoms with van der Waals surface area (Å²) in [4.78, 5) is 4.56. The normalized spacial score (nSPS) is 12.7. The number of rotatable bonds is 3. The van der Waals surface area contributed by atoms with E-state index < -0.39 is 6.10 Å². The van der Waals surface area contributed by atoms with Gasteiger partial charge in [-0.15, -0.1) is 0 Å². The van der Waals surface area contributed by atoms with Gasteiger partial charge in [-0.2, -0.15) is 5.10 Å². The number of pyridine rings is 1. The summed E-state index contributed by atoms with van der Waals surface area (Å²) in [5, 5.41) is 15.3. The standard InChI is InChI=1S/C15H15N3O/c1-18-10-12(9-16-18)15(19)8-13-7-6-11-4-2-3-5-14(11)17-13/h2-7,9-10,15,19H,8H2,1H3. The van der Waals surface area contributed by atoms with Crippen LogP contribution < -0.4 is 0 Å². The third kappa shape index (κ3) is 2.48. The fraction of sp³-hybridized carbons (Fsp3) is 0.200. The van der Waals surface area contributed by atoms with Gasteiger partial charge in [-0.1, -0.05) is 24.3 Å². The maximum Gasteiger partial charge on any atom is 0.0875 e. The summed E-state index contributed by atoms with van der Waals surface area (Å²) in [5.41, 5.74) is 2.66. The van der Waals surface area contributed by atoms with E-state index in [0.717, 1.165) is 22.2 Å². The molecule has 0 saturated heterocycles. The molecule has 3 rings (SSSR count). The molecule has 0 amide bonds. The number of hydrogen-bond acceptors (Lipinski definition) is 3. The van der Waals surface area contributed by atoms with E-state index in [1.165, 1.54) is 0 Å². The van der Waals surface area contributed by atoms with Crippen molar-refractivity contribution < 1.29 is 5.11 Å². The number of benzene rings is 1. The number of aliphatic hydroxyl groups is 1. The summed E-state index contributed by atoms with van der Waals surface area (Å²) < 4.78 is 1.69. The Morgan fingerprint density at radius 3 is 2.84 bits per heavy atom. The predicted molar refractivity (Wildman–Crippen MR) is 73.6 cm³/mol. The highest BCUT2D eigenvalue weighted by Gasteiger charge is 2.11. The van der Waals surface area contributed by atoms with E-state index in [1.807, 2.05) is 49.6 Å². The molecule has 2 aromatic heterocycles. The molecule has 0 saturated carbocycles. The molecule has 1 unspecified atom stereocenters. The fourth-order valence-corrected chi connectivity index (χ4v) is 2.15. The lowest BCUT2D eigenvalue weighted by atomic mass is 10.1. The van der Waals surface area contributed by atoms with E-state index in [0.29, 0.717) is 6.42 Å². The third-order valence-electron chi connectivity index (χ3n) is 3.17. The van der Waals surface area contributed by atoms with Crippen LogP contribution in [0.4, 0.5) is 0 Å². The quantitative estimate of drug-likeness (QED) is 0.779. The number of nitrogens with zero attached hydrogens (tertiary/aromatic N) is 3. The minimum atomic E-state index is -0.567. The highest BCUT2D eigenvalue weighted by atomic mass is 16.3. The predicted octanol–water partition coefficient (Wildman–Crippen LogP) is 2.24. The highest BCUT2D eigenvalue weighted by molar-refractivity contribution is 5.78. The van der Waals surface area contributed by atoms with Gasteiger partial charge in [0.05, 0.1) is 17.8 Å². The van der Waals surface area contributed by atoms with Gasteiger partial charge in [0.25, 0.3) is 0 Å². The van der Waals surface area contributed by atoms with Crippen molar-refractivity contribution in [3.63, 3.8) is 0 Å². The second kappa shape index (κ2) is 4.82. The topological polar surface area (TPSA) is 50.9 Å². The van der Waals surface area contributed by atoms with Crippen LogP contribution in [0.5, 0.6) is 0 Å². The molecule has 4 heteroatoms. The Morgan fingerprint density at radius 1 is 1.21 bits per heavy atom. The molecule has 0 aliphatic carbocycles. The van der Waals surface area contributed by atoms with Crippen molar-refractivity contribution in [1.82, 2.24) is 14.8 Å². The molecule has 0 radical (unpaired) electrons. The molecule has 1 N–H and O–H groups in total. The summed E-state index contributed by atoms with van der Waals surface area (Å²) in [5.74, 6) is 0. The number of fused-ring (bicyclic) bond motifs is 1. The average Bonchev–Trinajstić information content (AvgIpc) is 2.85. The van der Waals surface area contributed by atoms with Crippen molar-refractivity contribution in [3.05, 3.63) is 60.0 Å². The van der Waals surface area contributed by atoms with E-state index in [-0.39, 0.29) is 0 Å². The van der Waals surface area contributed by atoms with Crippen molar-refractivity contribution >= 4 is 10.9 Å². The summed E-state index contributed by atoms with van der Waals surface area (Å²) in [6.45, 7) is 0. The van der Waals surface area contributed by atoms with E-state index in [2.05, 4.69) is 10.1 Å². The van der Waals surface area contributed by atoms with Gasteiger partial charge < -0.3 is 5.11 Å². The average molecular weight is 253 g/mol. The first-order valence-corrected chi connectivity index (χ1v) is 6.23. The minimum Gasteiger partial charge on any atom is -0.388 e. The van der Waals surface area contributed by atoms with E-state index in [9.17, 15) is 5.11 Å². The Hall–Kier alpha value is -2.20. The monoisotopic (exact) mass is 253 g/mol. The summed E-state index contributed by atoms with van der Waals surface area (Å²) in [7, 11) is 1.84. The number of aliphatic hydroxyl groups excluding tert-OH is 1. The molecule has 2 heterocycles. The van der Waals surface area contributed by atoms with Crippen LogP contribution in [0.1, 0.15) is 17.4 Å². The number of para-hydroxylation sites is 1. The van der Waals surface area contributed by atoms with Crippen molar-refractivity contribution in [2.45, 2.75) is 12.5 Å². The molecule has 1 atom stereocenters. The first-order valence-electron chi connectivity index (χ1n) is 6.23. The van der Waals surface area contributed by atoms with Crippen molar-refractivity contribution in [2.75, 3.05) is 0 Å². The molecular formula is C15H15N3O. The van der Waals surface area contributed by atoms with E-state index in [4.69, 9.17) is 0 Å².